The molecule has 0 N–H and O–H groups in total. The van der Waals surface area contributed by atoms with Crippen LogP contribution in [0.4, 0.5) is 0 Å². The van der Waals surface area contributed by atoms with Gasteiger partial charge >= 0.3 is 0 Å². The van der Waals surface area contributed by atoms with Gasteiger partial charge in [0.25, 0.3) is 0 Å². The molecule has 0 bridgehead atoms. The zero-order valence-corrected chi connectivity index (χ0v) is 14.6. The van der Waals surface area contributed by atoms with Crippen LogP contribution in [0.15, 0.2) is 78.9 Å². The molecule has 1 nitrogen and oxygen atoms in total. The second-order valence-electron chi connectivity index (χ2n) is 5.00. The molecule has 0 aliphatic carbocycles. The average Bonchev–Trinajstić information content (AvgIpc) is 2.55. The van der Waals surface area contributed by atoms with E-state index in [-0.39, 0.29) is 24.0 Å². The third kappa shape index (κ3) is 3.83. The number of fused-ring (bicyclic) bond motifs is 1. The number of nitrogens with zero attached hydrogens (tertiary/aromatic N) is 1. The van der Waals surface area contributed by atoms with Gasteiger partial charge < -0.3 is 24.0 Å². The van der Waals surface area contributed by atoms with Gasteiger partial charge in [-0.3, -0.25) is 0 Å². The maximum atomic E-state index is 2.21. The van der Waals surface area contributed by atoms with Crippen molar-refractivity contribution in [2.45, 2.75) is 0 Å². The lowest BCUT2D eigenvalue weighted by molar-refractivity contribution is -0.646. The third-order valence-corrected chi connectivity index (χ3v) is 3.59. The van der Waals surface area contributed by atoms with Gasteiger partial charge in [0.2, 0.25) is 11.2 Å². The van der Waals surface area contributed by atoms with E-state index in [1.54, 1.807) is 0 Å². The first-order valence-corrected chi connectivity index (χ1v) is 7.12. The summed E-state index contributed by atoms with van der Waals surface area (Å²) in [6.45, 7) is 0. The van der Waals surface area contributed by atoms with Crippen LogP contribution >= 0.6 is 0 Å². The van der Waals surface area contributed by atoms with Gasteiger partial charge in [0, 0.05) is 23.6 Å². The average molecular weight is 399 g/mol. The predicted octanol–water partition coefficient (Wildman–Crippen LogP) is 1.39. The number of pyridine rings is 1. The van der Waals surface area contributed by atoms with Crippen LogP contribution in [0, 0.1) is 0 Å². The summed E-state index contributed by atoms with van der Waals surface area (Å²) in [5.74, 6) is 0. The molecule has 0 saturated carbocycles. The van der Waals surface area contributed by atoms with Crippen molar-refractivity contribution < 1.29 is 28.5 Å². The van der Waals surface area contributed by atoms with E-state index in [0.717, 1.165) is 0 Å². The second kappa shape index (κ2) is 7.90. The van der Waals surface area contributed by atoms with Crippen LogP contribution in [0.25, 0.3) is 23.1 Å². The van der Waals surface area contributed by atoms with Crippen molar-refractivity contribution in [2.75, 3.05) is 0 Å². The maximum absolute atomic E-state index is 2.21. The smallest absolute Gasteiger partial charge is 0.212 e. The largest absolute Gasteiger partial charge is 1.00 e. The molecule has 22 heavy (non-hydrogen) atoms. The number of aryl methyl sites for hydroxylation is 1. The molecular weight excluding hydrogens is 381 g/mol. The number of rotatable bonds is 3. The summed E-state index contributed by atoms with van der Waals surface area (Å²) in [5, 5.41) is 1.26. The maximum Gasteiger partial charge on any atom is 0.212 e. The third-order valence-electron chi connectivity index (χ3n) is 3.59. The molecule has 3 rings (SSSR count). The number of hydrogen-bond acceptors (Lipinski definition) is 0. The van der Waals surface area contributed by atoms with Crippen molar-refractivity contribution in [3.63, 3.8) is 0 Å². The van der Waals surface area contributed by atoms with Gasteiger partial charge in [-0.15, -0.1) is 0 Å². The monoisotopic (exact) mass is 399 g/mol. The Bertz CT molecular complexity index is 804. The van der Waals surface area contributed by atoms with Gasteiger partial charge in [-0.1, -0.05) is 60.7 Å². The Hall–Kier alpha value is -1.94. The normalized spacial score (nSPS) is 11.1. The molecule has 0 saturated heterocycles. The lowest BCUT2D eigenvalue weighted by atomic mass is 10.2. The van der Waals surface area contributed by atoms with Crippen molar-refractivity contribution in [3.05, 3.63) is 90.1 Å². The molecule has 0 spiro atoms. The number of hydrogen-bond donors (Lipinski definition) is 0. The van der Waals surface area contributed by atoms with Crippen molar-refractivity contribution in [1.29, 1.82) is 0 Å². The molecule has 0 unspecified atom stereocenters. The highest BCUT2D eigenvalue weighted by atomic mass is 127. The minimum Gasteiger partial charge on any atom is -1.00 e. The van der Waals surface area contributed by atoms with Crippen LogP contribution in [0.1, 0.15) is 11.3 Å². The molecule has 0 amide bonds. The fourth-order valence-corrected chi connectivity index (χ4v) is 2.41. The van der Waals surface area contributed by atoms with Crippen molar-refractivity contribution in [2.24, 2.45) is 7.05 Å². The first-order valence-electron chi connectivity index (χ1n) is 7.12. The molecule has 0 aliphatic rings. The molecule has 0 radical (unpaired) electrons. The quantitative estimate of drug-likeness (QED) is 0.356. The topological polar surface area (TPSA) is 3.88 Å². The standard InChI is InChI=1S/C20H18N.HI/c1-21-19(16-15-18-12-6-8-14-20(18)21)13-7-5-11-17-9-3-2-4-10-17;/h2-16H,1H3;1H/q+1;/p-1/b11-5+,13-7-;. The first kappa shape index (κ1) is 16.4. The van der Waals surface area contributed by atoms with Gasteiger partial charge in [0.05, 0.1) is 0 Å². The van der Waals surface area contributed by atoms with E-state index in [4.69, 9.17) is 0 Å². The number of aromatic nitrogens is 1. The lowest BCUT2D eigenvalue weighted by Gasteiger charge is -1.99. The summed E-state index contributed by atoms with van der Waals surface area (Å²) < 4.78 is 2.21. The van der Waals surface area contributed by atoms with E-state index in [2.05, 4.69) is 84.4 Å². The van der Waals surface area contributed by atoms with Crippen molar-refractivity contribution in [3.8, 4) is 0 Å². The Morgan fingerprint density at radius 1 is 0.727 bits per heavy atom. The van der Waals surface area contributed by atoms with Crippen LogP contribution in [0.5, 0.6) is 0 Å². The van der Waals surface area contributed by atoms with Crippen molar-refractivity contribution in [1.82, 2.24) is 0 Å². The van der Waals surface area contributed by atoms with Gasteiger partial charge in [0.1, 0.15) is 7.05 Å². The highest BCUT2D eigenvalue weighted by molar-refractivity contribution is 5.76. The molecule has 0 atom stereocenters. The molecule has 0 fully saturated rings. The number of benzene rings is 2. The van der Waals surface area contributed by atoms with Crippen molar-refractivity contribution >= 4 is 23.1 Å². The second-order valence-corrected chi connectivity index (χ2v) is 5.00. The molecule has 0 aliphatic heterocycles. The Labute approximate surface area is 148 Å². The van der Waals surface area contributed by atoms with Gasteiger partial charge in [0.15, 0.2) is 0 Å². The summed E-state index contributed by atoms with van der Waals surface area (Å²) in [6.07, 6.45) is 8.39. The van der Waals surface area contributed by atoms with Crippen LogP contribution in [0.3, 0.4) is 0 Å². The van der Waals surface area contributed by atoms with Crippen LogP contribution in [-0.4, -0.2) is 0 Å². The predicted molar refractivity (Wildman–Crippen MR) is 89.6 cm³/mol. The fourth-order valence-electron chi connectivity index (χ4n) is 2.41. The minimum atomic E-state index is 0. The molecule has 2 aromatic carbocycles. The summed E-state index contributed by atoms with van der Waals surface area (Å²) in [4.78, 5) is 0. The number of halogens is 1. The Morgan fingerprint density at radius 3 is 2.23 bits per heavy atom. The van der Waals surface area contributed by atoms with Crippen LogP contribution in [0.2, 0.25) is 0 Å². The lowest BCUT2D eigenvalue weighted by Crippen LogP contribution is -3.00. The van der Waals surface area contributed by atoms with E-state index < -0.39 is 0 Å². The SMILES string of the molecule is C[n+]1c(/C=C\C=C\c2ccccc2)ccc2ccccc21.[I-]. The summed E-state index contributed by atoms with van der Waals surface area (Å²) in [5.41, 5.74) is 3.64. The van der Waals surface area contributed by atoms with E-state index >= 15 is 0 Å². The summed E-state index contributed by atoms with van der Waals surface area (Å²) in [6, 6.07) is 23.1. The Balaban J connectivity index is 0.00000176. The first-order chi connectivity index (χ1) is 10.3. The zero-order chi connectivity index (χ0) is 14.5. The molecule has 1 heterocycles. The molecule has 3 aromatic rings. The van der Waals surface area contributed by atoms with Gasteiger partial charge in [-0.25, -0.2) is 0 Å². The molecule has 2 heteroatoms. The fraction of sp³-hybridized carbons (Fsp3) is 0.0500. The van der Waals surface area contributed by atoms with Gasteiger partial charge in [-0.2, -0.15) is 4.57 Å². The Morgan fingerprint density at radius 2 is 1.41 bits per heavy atom. The van der Waals surface area contributed by atoms with E-state index in [9.17, 15) is 0 Å². The highest BCUT2D eigenvalue weighted by Crippen LogP contribution is 2.10. The number of para-hydroxylation sites is 1. The van der Waals surface area contributed by atoms with Crippen LogP contribution < -0.4 is 28.5 Å². The van der Waals surface area contributed by atoms with Crippen LogP contribution in [-0.2, 0) is 7.05 Å². The van der Waals surface area contributed by atoms with E-state index in [1.807, 2.05) is 18.2 Å². The number of allylic oxidation sites excluding steroid dienone is 2. The highest BCUT2D eigenvalue weighted by Gasteiger charge is 2.07. The Kier molecular flexibility index (Phi) is 5.90. The van der Waals surface area contributed by atoms with E-state index in [1.165, 1.54) is 22.2 Å². The summed E-state index contributed by atoms with van der Waals surface area (Å²) in [7, 11) is 2.10. The molecule has 1 aromatic heterocycles. The summed E-state index contributed by atoms with van der Waals surface area (Å²) >= 11 is 0. The molecular formula is C20H18IN. The molecule has 110 valence electrons. The zero-order valence-electron chi connectivity index (χ0n) is 12.5. The van der Waals surface area contributed by atoms with Gasteiger partial charge in [-0.05, 0) is 17.7 Å². The van der Waals surface area contributed by atoms with E-state index in [0.29, 0.717) is 0 Å². The minimum absolute atomic E-state index is 0.